The molecule has 0 amide bonds. The highest BCUT2D eigenvalue weighted by atomic mass is 28.2. The molecule has 0 aliphatic heterocycles. The Morgan fingerprint density at radius 3 is 1.38 bits per heavy atom. The zero-order valence-electron chi connectivity index (χ0n) is 15.8. The van der Waals surface area contributed by atoms with Crippen LogP contribution >= 0.6 is 0 Å². The van der Waals surface area contributed by atoms with E-state index in [1.165, 1.54) is 11.1 Å². The zero-order valence-corrected chi connectivity index (χ0v) is 17.8. The number of rotatable bonds is 10. The summed E-state index contributed by atoms with van der Waals surface area (Å²) in [5, 5.41) is 0. The molecule has 1 rings (SSSR count). The summed E-state index contributed by atoms with van der Waals surface area (Å²) in [6.07, 6.45) is 2.40. The van der Waals surface area contributed by atoms with Crippen LogP contribution < -0.4 is 11.5 Å². The predicted molar refractivity (Wildman–Crippen MR) is 105 cm³/mol. The Bertz CT molecular complexity index is 465. The number of anilines is 2. The minimum absolute atomic E-state index is 0.219. The first kappa shape index (κ1) is 21.2. The van der Waals surface area contributed by atoms with Gasteiger partial charge in [0.1, 0.15) is 0 Å². The topological polar surface area (TPSA) is 70.5 Å². The van der Waals surface area contributed by atoms with E-state index in [0.29, 0.717) is 19.5 Å². The molecule has 0 bridgehead atoms. The van der Waals surface area contributed by atoms with E-state index in [-0.39, 0.29) is 23.3 Å². The molecular weight excluding hydrogens is 332 g/mol. The number of hydrogen-bond acceptors (Lipinski definition) is 4. The van der Waals surface area contributed by atoms with Crippen molar-refractivity contribution in [3.8, 4) is 0 Å². The first-order valence-corrected chi connectivity index (χ1v) is 10.8. The lowest BCUT2D eigenvalue weighted by Gasteiger charge is -2.27. The van der Waals surface area contributed by atoms with Crippen molar-refractivity contribution < 1.29 is 8.85 Å². The molecule has 0 saturated carbocycles. The summed E-state index contributed by atoms with van der Waals surface area (Å²) in [6, 6.07) is 3.85. The predicted octanol–water partition coefficient (Wildman–Crippen LogP) is 3.84. The molecule has 0 aliphatic carbocycles. The van der Waals surface area contributed by atoms with Crippen molar-refractivity contribution in [2.24, 2.45) is 0 Å². The van der Waals surface area contributed by atoms with Gasteiger partial charge in [0.2, 0.25) is 19.5 Å². The van der Waals surface area contributed by atoms with Crippen LogP contribution in [0.3, 0.4) is 0 Å². The van der Waals surface area contributed by atoms with E-state index in [1.807, 2.05) is 12.1 Å². The molecule has 0 heterocycles. The van der Waals surface area contributed by atoms with Crippen LogP contribution in [0.15, 0.2) is 12.1 Å². The van der Waals surface area contributed by atoms with E-state index in [9.17, 15) is 0 Å². The Hall–Kier alpha value is -0.826. The summed E-state index contributed by atoms with van der Waals surface area (Å²) < 4.78 is 11.8. The van der Waals surface area contributed by atoms with E-state index in [0.717, 1.165) is 24.2 Å². The molecule has 0 spiro atoms. The quantitative estimate of drug-likeness (QED) is 0.489. The van der Waals surface area contributed by atoms with Gasteiger partial charge in [0.25, 0.3) is 0 Å². The molecule has 0 aromatic heterocycles. The van der Waals surface area contributed by atoms with Gasteiger partial charge in [-0.3, -0.25) is 0 Å². The summed E-state index contributed by atoms with van der Waals surface area (Å²) in [7, 11) is 0.777. The van der Waals surface area contributed by atoms with Crippen molar-refractivity contribution in [2.45, 2.75) is 77.7 Å². The molecule has 0 saturated heterocycles. The number of nitrogen functional groups attached to an aromatic ring is 2. The summed E-state index contributed by atoms with van der Waals surface area (Å²) in [5.74, 6) is 0. The van der Waals surface area contributed by atoms with Crippen molar-refractivity contribution in [3.05, 3.63) is 23.3 Å². The first-order chi connectivity index (χ1) is 11.3. The van der Waals surface area contributed by atoms with Gasteiger partial charge in [-0.1, -0.05) is 13.8 Å². The van der Waals surface area contributed by atoms with E-state index in [1.54, 1.807) is 0 Å². The normalized spacial score (nSPS) is 14.3. The summed E-state index contributed by atoms with van der Waals surface area (Å²) in [4.78, 5) is 0. The second-order valence-electron chi connectivity index (χ2n) is 6.56. The minimum atomic E-state index is 0.219. The van der Waals surface area contributed by atoms with Crippen LogP contribution in [0.25, 0.3) is 0 Å². The van der Waals surface area contributed by atoms with E-state index in [2.05, 4.69) is 41.5 Å². The largest absolute Gasteiger partial charge is 0.414 e. The molecular formula is C18H32N2O2Si2. The van der Waals surface area contributed by atoms with Gasteiger partial charge >= 0.3 is 0 Å². The standard InChI is InChI=1S/C18H32N2O2Si2/c1-7-15(23-21-11(3)4)17-13(19)9-10-14(20)18(17)16(8-2)24-22-12(5)6/h9-12,15-16H,7-8,19-20H2,1-6H3. The van der Waals surface area contributed by atoms with Crippen molar-refractivity contribution in [3.63, 3.8) is 0 Å². The van der Waals surface area contributed by atoms with Crippen LogP contribution in [0, 0.1) is 0 Å². The maximum atomic E-state index is 6.38. The van der Waals surface area contributed by atoms with Gasteiger partial charge in [-0.15, -0.1) is 0 Å². The Morgan fingerprint density at radius 1 is 0.792 bits per heavy atom. The fourth-order valence-corrected chi connectivity index (χ4v) is 4.66. The molecule has 134 valence electrons. The molecule has 1 aromatic rings. The second-order valence-corrected chi connectivity index (χ2v) is 8.90. The van der Waals surface area contributed by atoms with Crippen LogP contribution in [0.1, 0.15) is 76.6 Å². The van der Waals surface area contributed by atoms with Gasteiger partial charge in [0.15, 0.2) is 0 Å². The molecule has 4 nitrogen and oxygen atoms in total. The van der Waals surface area contributed by atoms with Crippen LogP contribution in [-0.2, 0) is 8.85 Å². The monoisotopic (exact) mass is 364 g/mol. The Labute approximate surface area is 152 Å². The highest BCUT2D eigenvalue weighted by Crippen LogP contribution is 2.37. The smallest absolute Gasteiger partial charge is 0.238 e. The Balaban J connectivity index is 3.24. The number of nitrogens with two attached hydrogens (primary N) is 2. The molecule has 0 fully saturated rings. The fourth-order valence-electron chi connectivity index (χ4n) is 2.58. The van der Waals surface area contributed by atoms with Gasteiger partial charge in [-0.25, -0.2) is 0 Å². The molecule has 2 unspecified atom stereocenters. The number of hydrogen-bond donors (Lipinski definition) is 2. The van der Waals surface area contributed by atoms with E-state index < -0.39 is 0 Å². The molecule has 4 N–H and O–H groups in total. The van der Waals surface area contributed by atoms with Gasteiger partial charge in [0.05, 0.1) is 0 Å². The van der Waals surface area contributed by atoms with Crippen LogP contribution in [0.4, 0.5) is 11.4 Å². The molecule has 6 heteroatoms. The molecule has 24 heavy (non-hydrogen) atoms. The average molecular weight is 365 g/mol. The maximum absolute atomic E-state index is 6.38. The van der Waals surface area contributed by atoms with E-state index in [4.69, 9.17) is 20.3 Å². The van der Waals surface area contributed by atoms with Gasteiger partial charge < -0.3 is 20.3 Å². The van der Waals surface area contributed by atoms with Gasteiger partial charge in [0, 0.05) is 34.7 Å². The van der Waals surface area contributed by atoms with Gasteiger partial charge in [-0.2, -0.15) is 0 Å². The zero-order chi connectivity index (χ0) is 18.3. The SMILES string of the molecule is CCC([Si]OC(C)C)c1c(N)ccc(N)c1C(CC)[Si]OC(C)C. The van der Waals surface area contributed by atoms with Crippen LogP contribution in [-0.4, -0.2) is 31.7 Å². The number of benzene rings is 1. The lowest BCUT2D eigenvalue weighted by atomic mass is 9.95. The second kappa shape index (κ2) is 10.2. The van der Waals surface area contributed by atoms with Crippen molar-refractivity contribution >= 4 is 30.9 Å². The third kappa shape index (κ3) is 5.91. The molecule has 4 radical (unpaired) electrons. The molecule has 0 aliphatic rings. The average Bonchev–Trinajstić information content (AvgIpc) is 2.52. The minimum Gasteiger partial charge on any atom is -0.414 e. The molecule has 2 atom stereocenters. The highest BCUT2D eigenvalue weighted by molar-refractivity contribution is 6.32. The third-order valence-corrected chi connectivity index (χ3v) is 6.94. The van der Waals surface area contributed by atoms with Crippen molar-refractivity contribution in [1.82, 2.24) is 0 Å². The van der Waals surface area contributed by atoms with Crippen LogP contribution in [0.2, 0.25) is 0 Å². The summed E-state index contributed by atoms with van der Waals surface area (Å²) in [6.45, 7) is 12.6. The Kier molecular flexibility index (Phi) is 9.04. The maximum Gasteiger partial charge on any atom is 0.238 e. The lowest BCUT2D eigenvalue weighted by molar-refractivity contribution is 0.249. The third-order valence-electron chi connectivity index (χ3n) is 3.76. The summed E-state index contributed by atoms with van der Waals surface area (Å²) >= 11 is 0. The van der Waals surface area contributed by atoms with Gasteiger partial charge in [-0.05, 0) is 63.8 Å². The molecule has 1 aromatic carbocycles. The lowest BCUT2D eigenvalue weighted by Crippen LogP contribution is -2.23. The van der Waals surface area contributed by atoms with Crippen molar-refractivity contribution in [2.75, 3.05) is 11.5 Å². The first-order valence-electron chi connectivity index (χ1n) is 8.81. The van der Waals surface area contributed by atoms with Crippen LogP contribution in [0.5, 0.6) is 0 Å². The van der Waals surface area contributed by atoms with Crippen molar-refractivity contribution in [1.29, 1.82) is 0 Å². The highest BCUT2D eigenvalue weighted by Gasteiger charge is 2.26. The fraction of sp³-hybridized carbons (Fsp3) is 0.667. The van der Waals surface area contributed by atoms with E-state index >= 15 is 0 Å². The Morgan fingerprint density at radius 2 is 1.12 bits per heavy atom. The summed E-state index contributed by atoms with van der Waals surface area (Å²) in [5.41, 5.74) is 17.3.